The summed E-state index contributed by atoms with van der Waals surface area (Å²) in [6.45, 7) is 1.92. The molecule has 3 rings (SSSR count). The van der Waals surface area contributed by atoms with Crippen molar-refractivity contribution in [3.63, 3.8) is 0 Å². The van der Waals surface area contributed by atoms with Crippen LogP contribution in [0.25, 0.3) is 5.69 Å². The van der Waals surface area contributed by atoms with Crippen molar-refractivity contribution in [2.24, 2.45) is 7.05 Å². The Morgan fingerprint density at radius 2 is 2.00 bits per heavy atom. The fourth-order valence-corrected chi connectivity index (χ4v) is 2.10. The van der Waals surface area contributed by atoms with Gasteiger partial charge in [0.05, 0.1) is 17.6 Å². The fraction of sp³-hybridized carbons (Fsp3) is 0.133. The zero-order chi connectivity index (χ0) is 14.8. The largest absolute Gasteiger partial charge is 0.318 e. The number of benzene rings is 1. The van der Waals surface area contributed by atoms with Crippen LogP contribution in [0.15, 0.2) is 48.8 Å². The summed E-state index contributed by atoms with van der Waals surface area (Å²) in [5, 5.41) is 11.1. The first kappa shape index (κ1) is 13.1. The molecular formula is C15H15N5O. The lowest BCUT2D eigenvalue weighted by atomic mass is 10.3. The number of aromatic nitrogens is 4. The average molecular weight is 281 g/mol. The van der Waals surface area contributed by atoms with Crippen molar-refractivity contribution in [2.45, 2.75) is 6.92 Å². The highest BCUT2D eigenvalue weighted by Gasteiger charge is 2.13. The van der Waals surface area contributed by atoms with Crippen LogP contribution in [0.5, 0.6) is 0 Å². The fourth-order valence-electron chi connectivity index (χ4n) is 2.10. The minimum absolute atomic E-state index is 0.249. The molecule has 2 aromatic heterocycles. The molecule has 0 fully saturated rings. The second-order valence-electron chi connectivity index (χ2n) is 4.78. The van der Waals surface area contributed by atoms with E-state index in [1.165, 1.54) is 0 Å². The van der Waals surface area contributed by atoms with Gasteiger partial charge in [0.25, 0.3) is 5.91 Å². The summed E-state index contributed by atoms with van der Waals surface area (Å²) >= 11 is 0. The molecule has 3 aromatic rings. The third-order valence-corrected chi connectivity index (χ3v) is 3.08. The molecule has 21 heavy (non-hydrogen) atoms. The number of carbonyl (C=O) groups is 1. The number of nitrogens with zero attached hydrogens (tertiary/aromatic N) is 4. The summed E-state index contributed by atoms with van der Waals surface area (Å²) in [6, 6.07) is 11.5. The molecule has 6 heteroatoms. The molecule has 1 aromatic carbocycles. The van der Waals surface area contributed by atoms with Crippen LogP contribution in [0.4, 0.5) is 5.69 Å². The van der Waals surface area contributed by atoms with Crippen molar-refractivity contribution in [1.29, 1.82) is 0 Å². The van der Waals surface area contributed by atoms with Crippen LogP contribution in [-0.4, -0.2) is 25.5 Å². The lowest BCUT2D eigenvalue weighted by molar-refractivity contribution is 0.102. The van der Waals surface area contributed by atoms with E-state index in [0.717, 1.165) is 11.4 Å². The highest BCUT2D eigenvalue weighted by Crippen LogP contribution is 2.13. The van der Waals surface area contributed by atoms with Gasteiger partial charge in [0.2, 0.25) is 0 Å². The van der Waals surface area contributed by atoms with Crippen LogP contribution in [0, 0.1) is 6.92 Å². The number of carbonyl (C=O) groups excluding carboxylic acids is 1. The van der Waals surface area contributed by atoms with Gasteiger partial charge in [0.1, 0.15) is 0 Å². The molecule has 0 unspecified atom stereocenters. The Kier molecular flexibility index (Phi) is 3.27. The Morgan fingerprint density at radius 1 is 1.24 bits per heavy atom. The standard InChI is InChI=1S/C15H15N5O/c1-11-8-14(15(21)17-12-9-16-19(2)10-12)18-20(11)13-6-4-3-5-7-13/h3-10H,1-2H3,(H,17,21). The van der Waals surface area contributed by atoms with Crippen LogP contribution in [0.1, 0.15) is 16.2 Å². The van der Waals surface area contributed by atoms with Gasteiger partial charge in [-0.1, -0.05) is 18.2 Å². The van der Waals surface area contributed by atoms with Gasteiger partial charge in [-0.15, -0.1) is 0 Å². The van der Waals surface area contributed by atoms with Crippen molar-refractivity contribution in [1.82, 2.24) is 19.6 Å². The van der Waals surface area contributed by atoms with Crippen LogP contribution >= 0.6 is 0 Å². The van der Waals surface area contributed by atoms with E-state index in [0.29, 0.717) is 11.4 Å². The summed E-state index contributed by atoms with van der Waals surface area (Å²) in [7, 11) is 1.80. The monoisotopic (exact) mass is 281 g/mol. The van der Waals surface area contributed by atoms with Gasteiger partial charge in [0.15, 0.2) is 5.69 Å². The number of hydrogen-bond donors (Lipinski definition) is 1. The molecule has 6 nitrogen and oxygen atoms in total. The van der Waals surface area contributed by atoms with Crippen LogP contribution in [0.2, 0.25) is 0 Å². The minimum Gasteiger partial charge on any atom is -0.318 e. The highest BCUT2D eigenvalue weighted by atomic mass is 16.2. The molecule has 106 valence electrons. The number of anilines is 1. The SMILES string of the molecule is Cc1cc(C(=O)Nc2cnn(C)c2)nn1-c1ccccc1. The summed E-state index contributed by atoms with van der Waals surface area (Å²) in [6.07, 6.45) is 3.33. The molecule has 0 bridgehead atoms. The first-order chi connectivity index (χ1) is 10.1. The number of amides is 1. The smallest absolute Gasteiger partial charge is 0.276 e. The highest BCUT2D eigenvalue weighted by molar-refractivity contribution is 6.02. The third-order valence-electron chi connectivity index (χ3n) is 3.08. The van der Waals surface area contributed by atoms with E-state index >= 15 is 0 Å². The number of nitrogens with one attached hydrogen (secondary N) is 1. The Bertz CT molecular complexity index is 772. The van der Waals surface area contributed by atoms with Crippen LogP contribution in [0.3, 0.4) is 0 Å². The van der Waals surface area contributed by atoms with E-state index in [9.17, 15) is 4.79 Å². The van der Waals surface area contributed by atoms with Crippen LogP contribution in [-0.2, 0) is 7.05 Å². The molecule has 0 aliphatic rings. The molecule has 1 N–H and O–H groups in total. The zero-order valence-corrected chi connectivity index (χ0v) is 11.8. The van der Waals surface area contributed by atoms with Gasteiger partial charge in [0, 0.05) is 18.9 Å². The van der Waals surface area contributed by atoms with Crippen molar-refractivity contribution in [2.75, 3.05) is 5.32 Å². The number of rotatable bonds is 3. The third kappa shape index (κ3) is 2.69. The Morgan fingerprint density at radius 3 is 2.67 bits per heavy atom. The maximum atomic E-state index is 12.2. The molecule has 0 aliphatic heterocycles. The summed E-state index contributed by atoms with van der Waals surface area (Å²) in [5.74, 6) is -0.249. The zero-order valence-electron chi connectivity index (χ0n) is 11.8. The van der Waals surface area contributed by atoms with Gasteiger partial charge in [-0.3, -0.25) is 9.48 Å². The molecule has 0 spiro atoms. The number of para-hydroxylation sites is 1. The van der Waals surface area contributed by atoms with E-state index in [2.05, 4.69) is 15.5 Å². The summed E-state index contributed by atoms with van der Waals surface area (Å²) in [4.78, 5) is 12.2. The van der Waals surface area contributed by atoms with Crippen molar-refractivity contribution >= 4 is 11.6 Å². The van der Waals surface area contributed by atoms with E-state index in [-0.39, 0.29) is 5.91 Å². The molecule has 1 amide bonds. The van der Waals surface area contributed by atoms with Crippen LogP contribution < -0.4 is 5.32 Å². The predicted molar refractivity (Wildman–Crippen MR) is 79.5 cm³/mol. The number of hydrogen-bond acceptors (Lipinski definition) is 3. The topological polar surface area (TPSA) is 64.7 Å². The lowest BCUT2D eigenvalue weighted by Crippen LogP contribution is -2.12. The van der Waals surface area contributed by atoms with Crippen molar-refractivity contribution in [3.05, 3.63) is 60.2 Å². The lowest BCUT2D eigenvalue weighted by Gasteiger charge is -2.03. The quantitative estimate of drug-likeness (QED) is 0.800. The maximum absolute atomic E-state index is 12.2. The summed E-state index contributed by atoms with van der Waals surface area (Å²) < 4.78 is 3.38. The molecule has 2 heterocycles. The molecule has 0 aliphatic carbocycles. The van der Waals surface area contributed by atoms with E-state index in [1.54, 1.807) is 34.9 Å². The number of aryl methyl sites for hydroxylation is 2. The Hall–Kier alpha value is -2.89. The molecular weight excluding hydrogens is 266 g/mol. The van der Waals surface area contributed by atoms with Crippen molar-refractivity contribution < 1.29 is 4.79 Å². The van der Waals surface area contributed by atoms with E-state index in [1.807, 2.05) is 37.3 Å². The van der Waals surface area contributed by atoms with Gasteiger partial charge in [-0.25, -0.2) is 4.68 Å². The van der Waals surface area contributed by atoms with Gasteiger partial charge < -0.3 is 5.32 Å². The summed E-state index contributed by atoms with van der Waals surface area (Å²) in [5.41, 5.74) is 2.85. The molecule has 0 saturated carbocycles. The molecule has 0 atom stereocenters. The van der Waals surface area contributed by atoms with Crippen molar-refractivity contribution in [3.8, 4) is 5.69 Å². The molecule has 0 radical (unpaired) electrons. The Balaban J connectivity index is 1.85. The normalized spacial score (nSPS) is 10.6. The van der Waals surface area contributed by atoms with E-state index in [4.69, 9.17) is 0 Å². The second-order valence-corrected chi connectivity index (χ2v) is 4.78. The first-order valence-corrected chi connectivity index (χ1v) is 6.55. The Labute approximate surface area is 122 Å². The van der Waals surface area contributed by atoms with Gasteiger partial charge in [-0.05, 0) is 25.1 Å². The predicted octanol–water partition coefficient (Wildman–Crippen LogP) is 2.17. The van der Waals surface area contributed by atoms with E-state index < -0.39 is 0 Å². The maximum Gasteiger partial charge on any atom is 0.276 e. The second kappa shape index (κ2) is 5.24. The molecule has 0 saturated heterocycles. The average Bonchev–Trinajstić information content (AvgIpc) is 3.06. The van der Waals surface area contributed by atoms with Gasteiger partial charge >= 0.3 is 0 Å². The van der Waals surface area contributed by atoms with Gasteiger partial charge in [-0.2, -0.15) is 10.2 Å². The minimum atomic E-state index is -0.249. The first-order valence-electron chi connectivity index (χ1n) is 6.55.